The molecule has 0 bridgehead atoms. The highest BCUT2D eigenvalue weighted by Crippen LogP contribution is 2.06. The number of ether oxygens (including phenoxy) is 2. The fraction of sp³-hybridized carbons (Fsp3) is 0.846. The number of hydrogen-bond acceptors (Lipinski definition) is 4. The summed E-state index contributed by atoms with van der Waals surface area (Å²) in [6.45, 7) is 12.7. The topological polar surface area (TPSA) is 76.7 Å². The molecule has 2 amide bonds. The third-order valence-electron chi connectivity index (χ3n) is 1.70. The fourth-order valence-corrected chi connectivity index (χ4v) is 1.09. The van der Waals surface area contributed by atoms with E-state index in [0.717, 1.165) is 0 Å². The second-order valence-corrected chi connectivity index (χ2v) is 6.52. The highest BCUT2D eigenvalue weighted by atomic mass is 16.6. The zero-order chi connectivity index (χ0) is 15.3. The van der Waals surface area contributed by atoms with Gasteiger partial charge in [-0.2, -0.15) is 0 Å². The molecule has 1 unspecified atom stereocenters. The maximum atomic E-state index is 11.5. The van der Waals surface area contributed by atoms with E-state index in [1.807, 2.05) is 20.8 Å². The van der Waals surface area contributed by atoms with E-state index in [0.29, 0.717) is 0 Å². The van der Waals surface area contributed by atoms with E-state index in [-0.39, 0.29) is 18.2 Å². The molecule has 0 aliphatic carbocycles. The van der Waals surface area contributed by atoms with Gasteiger partial charge < -0.3 is 20.1 Å². The Labute approximate surface area is 115 Å². The largest absolute Gasteiger partial charge is 0.447 e. The number of nitrogens with one attached hydrogen (secondary N) is 2. The van der Waals surface area contributed by atoms with Crippen molar-refractivity contribution >= 4 is 12.2 Å². The second kappa shape index (κ2) is 6.63. The Hall–Kier alpha value is -1.46. The molecular formula is C13H26N2O4. The summed E-state index contributed by atoms with van der Waals surface area (Å²) in [6.07, 6.45) is -1.04. The molecule has 2 N–H and O–H groups in total. The van der Waals surface area contributed by atoms with E-state index in [1.165, 1.54) is 0 Å². The van der Waals surface area contributed by atoms with Crippen molar-refractivity contribution in [2.24, 2.45) is 0 Å². The first-order valence-corrected chi connectivity index (χ1v) is 6.33. The van der Waals surface area contributed by atoms with E-state index in [1.54, 1.807) is 27.7 Å². The van der Waals surface area contributed by atoms with E-state index < -0.39 is 17.8 Å². The third-order valence-corrected chi connectivity index (χ3v) is 1.70. The molecule has 0 aromatic rings. The Morgan fingerprint density at radius 1 is 1.05 bits per heavy atom. The lowest BCUT2D eigenvalue weighted by atomic mass is 10.1. The van der Waals surface area contributed by atoms with Gasteiger partial charge in [0, 0.05) is 5.54 Å². The van der Waals surface area contributed by atoms with Crippen LogP contribution in [0.2, 0.25) is 0 Å². The first kappa shape index (κ1) is 17.5. The molecule has 6 heteroatoms. The molecule has 0 saturated heterocycles. The molecule has 0 aromatic heterocycles. The van der Waals surface area contributed by atoms with Crippen LogP contribution in [0.15, 0.2) is 0 Å². The van der Waals surface area contributed by atoms with Crippen LogP contribution in [0.1, 0.15) is 48.5 Å². The highest BCUT2D eigenvalue weighted by Gasteiger charge is 2.19. The molecule has 112 valence electrons. The quantitative estimate of drug-likeness (QED) is 0.828. The van der Waals surface area contributed by atoms with Crippen LogP contribution in [0.4, 0.5) is 9.59 Å². The number of hydrogen-bond donors (Lipinski definition) is 2. The van der Waals surface area contributed by atoms with Crippen LogP contribution in [0.25, 0.3) is 0 Å². The molecule has 0 aromatic carbocycles. The minimum Gasteiger partial charge on any atom is -0.447 e. The Kier molecular flexibility index (Phi) is 6.12. The Bertz CT molecular complexity index is 316. The average Bonchev–Trinajstić information content (AvgIpc) is 2.08. The summed E-state index contributed by atoms with van der Waals surface area (Å²) >= 11 is 0. The molecule has 0 saturated carbocycles. The molecule has 0 aliphatic heterocycles. The molecule has 0 fully saturated rings. The molecule has 0 rings (SSSR count). The summed E-state index contributed by atoms with van der Waals surface area (Å²) in [4.78, 5) is 22.9. The maximum Gasteiger partial charge on any atom is 0.407 e. The minimum absolute atomic E-state index is 0.0845. The van der Waals surface area contributed by atoms with Gasteiger partial charge in [-0.25, -0.2) is 9.59 Å². The molecule has 0 radical (unpaired) electrons. The maximum absolute atomic E-state index is 11.5. The van der Waals surface area contributed by atoms with Crippen LogP contribution in [-0.2, 0) is 9.47 Å². The van der Waals surface area contributed by atoms with Gasteiger partial charge in [0.1, 0.15) is 12.2 Å². The van der Waals surface area contributed by atoms with Gasteiger partial charge in [0.15, 0.2) is 0 Å². The predicted octanol–water partition coefficient (Wildman–Crippen LogP) is 2.42. The number of rotatable bonds is 3. The molecular weight excluding hydrogens is 248 g/mol. The first-order valence-electron chi connectivity index (χ1n) is 6.33. The van der Waals surface area contributed by atoms with Crippen molar-refractivity contribution in [2.45, 2.75) is 65.6 Å². The molecule has 19 heavy (non-hydrogen) atoms. The van der Waals surface area contributed by atoms with Crippen molar-refractivity contribution in [2.75, 3.05) is 6.61 Å². The lowest BCUT2D eigenvalue weighted by molar-refractivity contribution is 0.0477. The summed E-state index contributed by atoms with van der Waals surface area (Å²) in [7, 11) is 0. The number of amides is 2. The number of carbonyl (C=O) groups excluding carboxylic acids is 2. The van der Waals surface area contributed by atoms with Gasteiger partial charge in [-0.15, -0.1) is 0 Å². The molecule has 6 nitrogen and oxygen atoms in total. The molecule has 0 aliphatic rings. The lowest BCUT2D eigenvalue weighted by Crippen LogP contribution is -2.44. The summed E-state index contributed by atoms with van der Waals surface area (Å²) in [5.41, 5.74) is -0.896. The summed E-state index contributed by atoms with van der Waals surface area (Å²) in [5, 5.41) is 5.25. The molecule has 1 atom stereocenters. The van der Waals surface area contributed by atoms with E-state index in [2.05, 4.69) is 10.6 Å². The second-order valence-electron chi connectivity index (χ2n) is 6.52. The normalized spacial score (nSPS) is 13.4. The fourth-order valence-electron chi connectivity index (χ4n) is 1.09. The van der Waals surface area contributed by atoms with Crippen molar-refractivity contribution < 1.29 is 19.1 Å². The van der Waals surface area contributed by atoms with Gasteiger partial charge in [-0.05, 0) is 48.5 Å². The Morgan fingerprint density at radius 3 is 2.00 bits per heavy atom. The van der Waals surface area contributed by atoms with Gasteiger partial charge in [-0.3, -0.25) is 0 Å². The van der Waals surface area contributed by atoms with Crippen molar-refractivity contribution in [3.05, 3.63) is 0 Å². The van der Waals surface area contributed by atoms with Crippen molar-refractivity contribution in [3.8, 4) is 0 Å². The Morgan fingerprint density at radius 2 is 1.58 bits per heavy atom. The number of carbonyl (C=O) groups is 2. The van der Waals surface area contributed by atoms with Gasteiger partial charge >= 0.3 is 12.2 Å². The zero-order valence-electron chi connectivity index (χ0n) is 12.9. The number of alkyl carbamates (subject to hydrolysis) is 2. The Balaban J connectivity index is 3.96. The summed E-state index contributed by atoms with van der Waals surface area (Å²) in [6, 6.07) is -0.319. The summed E-state index contributed by atoms with van der Waals surface area (Å²) in [5.74, 6) is 0. The lowest BCUT2D eigenvalue weighted by Gasteiger charge is -2.23. The highest BCUT2D eigenvalue weighted by molar-refractivity contribution is 5.69. The standard InChI is InChI=1S/C13H26N2O4/c1-9(14-10(16)19-13(5,6)7)8-18-11(17)15-12(2,3)4/h9H,8H2,1-7H3,(H,14,16)(H,15,17). The van der Waals surface area contributed by atoms with Gasteiger partial charge in [-0.1, -0.05) is 0 Å². The van der Waals surface area contributed by atoms with Crippen LogP contribution in [0, 0.1) is 0 Å². The van der Waals surface area contributed by atoms with E-state index >= 15 is 0 Å². The zero-order valence-corrected chi connectivity index (χ0v) is 12.9. The molecule has 0 spiro atoms. The van der Waals surface area contributed by atoms with Gasteiger partial charge in [0.2, 0.25) is 0 Å². The van der Waals surface area contributed by atoms with Crippen LogP contribution in [0.5, 0.6) is 0 Å². The third kappa shape index (κ3) is 11.4. The van der Waals surface area contributed by atoms with E-state index in [9.17, 15) is 9.59 Å². The van der Waals surface area contributed by atoms with Crippen LogP contribution in [0.3, 0.4) is 0 Å². The smallest absolute Gasteiger partial charge is 0.407 e. The van der Waals surface area contributed by atoms with Gasteiger partial charge in [0.25, 0.3) is 0 Å². The molecule has 0 heterocycles. The van der Waals surface area contributed by atoms with Crippen LogP contribution in [-0.4, -0.2) is 36.0 Å². The summed E-state index contributed by atoms with van der Waals surface area (Å²) < 4.78 is 10.1. The average molecular weight is 274 g/mol. The van der Waals surface area contributed by atoms with Crippen LogP contribution >= 0.6 is 0 Å². The van der Waals surface area contributed by atoms with E-state index in [4.69, 9.17) is 9.47 Å². The predicted molar refractivity (Wildman–Crippen MR) is 73.1 cm³/mol. The van der Waals surface area contributed by atoms with Crippen molar-refractivity contribution in [1.29, 1.82) is 0 Å². The van der Waals surface area contributed by atoms with Crippen LogP contribution < -0.4 is 10.6 Å². The van der Waals surface area contributed by atoms with Crippen molar-refractivity contribution in [3.63, 3.8) is 0 Å². The monoisotopic (exact) mass is 274 g/mol. The SMILES string of the molecule is CC(COC(=O)NC(C)(C)C)NC(=O)OC(C)(C)C. The van der Waals surface area contributed by atoms with Crippen molar-refractivity contribution in [1.82, 2.24) is 10.6 Å². The first-order chi connectivity index (χ1) is 8.39. The van der Waals surface area contributed by atoms with Gasteiger partial charge in [0.05, 0.1) is 6.04 Å². The minimum atomic E-state index is -0.547.